The number of hydrogen-bond donors (Lipinski definition) is 2. The Labute approximate surface area is 183 Å². The van der Waals surface area contributed by atoms with E-state index >= 15 is 0 Å². The van der Waals surface area contributed by atoms with Crippen LogP contribution in [-0.4, -0.2) is 25.7 Å². The maximum atomic E-state index is 12.5. The van der Waals surface area contributed by atoms with Gasteiger partial charge in [0, 0.05) is 23.1 Å². The molecule has 1 aliphatic heterocycles. The first-order chi connectivity index (χ1) is 15.2. The Morgan fingerprint density at radius 2 is 1.84 bits per heavy atom. The minimum atomic E-state index is -0.332. The van der Waals surface area contributed by atoms with Crippen LogP contribution in [0.5, 0.6) is 0 Å². The number of hydrogen-bond acceptors (Lipinski definition) is 5. The van der Waals surface area contributed by atoms with Crippen LogP contribution in [0.3, 0.4) is 0 Å². The molecule has 5 rings (SSSR count). The zero-order chi connectivity index (χ0) is 21.2. The Morgan fingerprint density at radius 1 is 1.03 bits per heavy atom. The molecule has 1 aliphatic rings. The second-order valence-corrected chi connectivity index (χ2v) is 7.34. The van der Waals surface area contributed by atoms with Gasteiger partial charge in [0.25, 0.3) is 11.9 Å². The lowest BCUT2D eigenvalue weighted by Gasteiger charge is -2.24. The number of pyridine rings is 1. The molecule has 0 saturated carbocycles. The Balaban J connectivity index is 1.54. The van der Waals surface area contributed by atoms with E-state index in [0.717, 1.165) is 16.8 Å². The summed E-state index contributed by atoms with van der Waals surface area (Å²) in [4.78, 5) is 21.0. The summed E-state index contributed by atoms with van der Waals surface area (Å²) in [5, 5.41) is 11.2. The molecule has 8 heteroatoms. The monoisotopic (exact) mass is 428 g/mol. The van der Waals surface area contributed by atoms with Gasteiger partial charge in [-0.3, -0.25) is 15.1 Å². The average molecular weight is 429 g/mol. The second kappa shape index (κ2) is 8.04. The van der Waals surface area contributed by atoms with E-state index in [4.69, 9.17) is 11.6 Å². The van der Waals surface area contributed by atoms with E-state index in [0.29, 0.717) is 16.5 Å². The second-order valence-electron chi connectivity index (χ2n) is 6.94. The molecule has 0 radical (unpaired) electrons. The number of anilines is 2. The Kier molecular flexibility index (Phi) is 4.93. The van der Waals surface area contributed by atoms with Crippen LogP contribution >= 0.6 is 11.6 Å². The van der Waals surface area contributed by atoms with Crippen molar-refractivity contribution in [3.63, 3.8) is 0 Å². The zero-order valence-corrected chi connectivity index (χ0v) is 17.0. The summed E-state index contributed by atoms with van der Waals surface area (Å²) in [6.45, 7) is 0. The first kappa shape index (κ1) is 19.0. The number of allylic oxidation sites excluding steroid dienone is 1. The molecule has 0 fully saturated rings. The summed E-state index contributed by atoms with van der Waals surface area (Å²) >= 11 is 6.50. The summed E-state index contributed by atoms with van der Waals surface area (Å²) < 4.78 is 1.71. The topological polar surface area (TPSA) is 84.7 Å². The number of halogens is 1. The highest BCUT2D eigenvalue weighted by atomic mass is 35.5. The van der Waals surface area contributed by atoms with Crippen LogP contribution in [0.1, 0.15) is 27.5 Å². The smallest absolute Gasteiger partial charge is 0.259 e. The standard InChI is InChI=1S/C23H17ClN6O/c24-18-11-5-4-10-17(18)20-13-19(15-7-2-1-3-8-15)26-23-28-22(29-30(20)23)27-21(31)16-9-6-12-25-14-16/h1-14,20H,(H2,26,27,28,29,31). The number of nitrogens with zero attached hydrogens (tertiary/aromatic N) is 4. The van der Waals surface area contributed by atoms with E-state index in [1.54, 1.807) is 23.0 Å². The van der Waals surface area contributed by atoms with Crippen LogP contribution in [-0.2, 0) is 0 Å². The highest BCUT2D eigenvalue weighted by Gasteiger charge is 2.27. The van der Waals surface area contributed by atoms with E-state index in [9.17, 15) is 4.79 Å². The number of carbonyl (C=O) groups is 1. The molecule has 152 valence electrons. The SMILES string of the molecule is O=C(Nc1nc2n(n1)C(c1ccccc1Cl)C=C(c1ccccc1)N2)c1cccnc1. The van der Waals surface area contributed by atoms with Gasteiger partial charge in [-0.05, 0) is 35.4 Å². The van der Waals surface area contributed by atoms with Crippen molar-refractivity contribution in [3.05, 3.63) is 107 Å². The van der Waals surface area contributed by atoms with Gasteiger partial charge in [0.05, 0.1) is 5.56 Å². The molecule has 1 amide bonds. The molecule has 2 aromatic carbocycles. The van der Waals surface area contributed by atoms with Crippen LogP contribution in [0, 0.1) is 0 Å². The molecule has 4 aromatic rings. The molecular formula is C23H17ClN6O. The maximum absolute atomic E-state index is 12.5. The highest BCUT2D eigenvalue weighted by molar-refractivity contribution is 6.31. The molecule has 31 heavy (non-hydrogen) atoms. The highest BCUT2D eigenvalue weighted by Crippen LogP contribution is 2.35. The quantitative estimate of drug-likeness (QED) is 0.495. The van der Waals surface area contributed by atoms with Crippen molar-refractivity contribution in [2.45, 2.75) is 6.04 Å². The molecule has 0 spiro atoms. The van der Waals surface area contributed by atoms with Crippen molar-refractivity contribution in [3.8, 4) is 0 Å². The molecule has 7 nitrogen and oxygen atoms in total. The lowest BCUT2D eigenvalue weighted by molar-refractivity contribution is 0.102. The van der Waals surface area contributed by atoms with Gasteiger partial charge in [-0.15, -0.1) is 5.10 Å². The third-order valence-electron chi connectivity index (χ3n) is 4.92. The number of rotatable bonds is 4. The van der Waals surface area contributed by atoms with Gasteiger partial charge in [-0.1, -0.05) is 60.1 Å². The summed E-state index contributed by atoms with van der Waals surface area (Å²) in [6, 6.07) is 20.6. The van der Waals surface area contributed by atoms with Gasteiger partial charge < -0.3 is 5.32 Å². The largest absolute Gasteiger partial charge is 0.324 e. The molecular weight excluding hydrogens is 412 g/mol. The fourth-order valence-electron chi connectivity index (χ4n) is 3.44. The van der Waals surface area contributed by atoms with E-state index in [1.807, 2.05) is 60.7 Å². The fourth-order valence-corrected chi connectivity index (χ4v) is 3.69. The van der Waals surface area contributed by atoms with Crippen LogP contribution in [0.2, 0.25) is 5.02 Å². The molecule has 2 N–H and O–H groups in total. The van der Waals surface area contributed by atoms with E-state index in [-0.39, 0.29) is 17.9 Å². The predicted octanol–water partition coefficient (Wildman–Crippen LogP) is 4.63. The summed E-state index contributed by atoms with van der Waals surface area (Å²) in [7, 11) is 0. The van der Waals surface area contributed by atoms with Gasteiger partial charge in [0.1, 0.15) is 6.04 Å². The number of carbonyl (C=O) groups excluding carboxylic acids is 1. The predicted molar refractivity (Wildman–Crippen MR) is 120 cm³/mol. The van der Waals surface area contributed by atoms with Crippen LogP contribution in [0.25, 0.3) is 5.70 Å². The van der Waals surface area contributed by atoms with E-state index < -0.39 is 0 Å². The molecule has 0 saturated heterocycles. The molecule has 1 atom stereocenters. The van der Waals surface area contributed by atoms with Crippen molar-refractivity contribution < 1.29 is 4.79 Å². The number of nitrogens with one attached hydrogen (secondary N) is 2. The lowest BCUT2D eigenvalue weighted by Crippen LogP contribution is -2.20. The zero-order valence-electron chi connectivity index (χ0n) is 16.2. The first-order valence-electron chi connectivity index (χ1n) is 9.65. The van der Waals surface area contributed by atoms with Crippen LogP contribution in [0.4, 0.5) is 11.9 Å². The van der Waals surface area contributed by atoms with Crippen molar-refractivity contribution in [1.29, 1.82) is 0 Å². The summed E-state index contributed by atoms with van der Waals surface area (Å²) in [5.74, 6) is 0.366. The molecule has 1 unspecified atom stereocenters. The van der Waals surface area contributed by atoms with Gasteiger partial charge in [-0.25, -0.2) is 4.68 Å². The fraction of sp³-hybridized carbons (Fsp3) is 0.0435. The van der Waals surface area contributed by atoms with E-state index in [1.165, 1.54) is 6.20 Å². The summed E-state index contributed by atoms with van der Waals surface area (Å²) in [6.07, 6.45) is 5.15. The maximum Gasteiger partial charge on any atom is 0.259 e. The van der Waals surface area contributed by atoms with Crippen molar-refractivity contribution >= 4 is 35.1 Å². The number of amides is 1. The number of aromatic nitrogens is 4. The van der Waals surface area contributed by atoms with E-state index in [2.05, 4.69) is 25.7 Å². The average Bonchev–Trinajstić information content (AvgIpc) is 3.22. The summed E-state index contributed by atoms with van der Waals surface area (Å²) in [5.41, 5.74) is 3.20. The van der Waals surface area contributed by atoms with Crippen LogP contribution < -0.4 is 10.6 Å². The van der Waals surface area contributed by atoms with Gasteiger partial charge in [-0.2, -0.15) is 4.98 Å². The van der Waals surface area contributed by atoms with Crippen molar-refractivity contribution in [2.75, 3.05) is 10.6 Å². The third kappa shape index (κ3) is 3.78. The van der Waals surface area contributed by atoms with Gasteiger partial charge in [0.15, 0.2) is 0 Å². The Bertz CT molecular complexity index is 1270. The van der Waals surface area contributed by atoms with Crippen molar-refractivity contribution in [2.24, 2.45) is 0 Å². The first-order valence-corrected chi connectivity index (χ1v) is 10.0. The Morgan fingerprint density at radius 3 is 2.61 bits per heavy atom. The molecule has 0 aliphatic carbocycles. The number of fused-ring (bicyclic) bond motifs is 1. The number of benzene rings is 2. The van der Waals surface area contributed by atoms with Gasteiger partial charge >= 0.3 is 0 Å². The molecule has 2 aromatic heterocycles. The molecule has 3 heterocycles. The lowest BCUT2D eigenvalue weighted by atomic mass is 10.0. The molecule has 0 bridgehead atoms. The van der Waals surface area contributed by atoms with Crippen molar-refractivity contribution in [1.82, 2.24) is 19.7 Å². The van der Waals surface area contributed by atoms with Gasteiger partial charge in [0.2, 0.25) is 5.95 Å². The third-order valence-corrected chi connectivity index (χ3v) is 5.27. The van der Waals surface area contributed by atoms with Crippen LogP contribution in [0.15, 0.2) is 85.2 Å². The minimum absolute atomic E-state index is 0.191. The Hall–Kier alpha value is -3.97. The normalized spacial score (nSPS) is 14.9. The minimum Gasteiger partial charge on any atom is -0.324 e.